The summed E-state index contributed by atoms with van der Waals surface area (Å²) >= 11 is 0. The van der Waals surface area contributed by atoms with Crippen molar-refractivity contribution in [2.45, 2.75) is 12.8 Å². The van der Waals surface area contributed by atoms with Crippen LogP contribution in [0.4, 0.5) is 11.5 Å². The van der Waals surface area contributed by atoms with Crippen LogP contribution in [0.1, 0.15) is 23.3 Å². The molecule has 21 heavy (non-hydrogen) atoms. The molecule has 0 saturated carbocycles. The standard InChI is InChI=1S/C15H16N4O2/c20-13-7-3-5-12(17-13)15(21)18-11-6-4-8-16-14(11)19-9-1-2-10-19/h3-8H,1-2,9-10H2,(H,17,20)(H,18,21). The fourth-order valence-electron chi connectivity index (χ4n) is 2.45. The lowest BCUT2D eigenvalue weighted by Gasteiger charge is -2.19. The zero-order valence-electron chi connectivity index (χ0n) is 11.5. The summed E-state index contributed by atoms with van der Waals surface area (Å²) in [6.45, 7) is 1.89. The van der Waals surface area contributed by atoms with Crippen LogP contribution >= 0.6 is 0 Å². The Balaban J connectivity index is 1.84. The first-order valence-corrected chi connectivity index (χ1v) is 6.95. The average molecular weight is 284 g/mol. The van der Waals surface area contributed by atoms with Crippen LogP contribution in [0, 0.1) is 0 Å². The number of carbonyl (C=O) groups excluding carboxylic acids is 1. The zero-order valence-corrected chi connectivity index (χ0v) is 11.5. The van der Waals surface area contributed by atoms with E-state index in [-0.39, 0.29) is 17.2 Å². The third-order valence-electron chi connectivity index (χ3n) is 3.45. The van der Waals surface area contributed by atoms with E-state index in [0.717, 1.165) is 31.7 Å². The number of H-pyrrole nitrogens is 1. The van der Waals surface area contributed by atoms with Crippen molar-refractivity contribution in [3.8, 4) is 0 Å². The summed E-state index contributed by atoms with van der Waals surface area (Å²) in [5.41, 5.74) is 0.599. The third-order valence-corrected chi connectivity index (χ3v) is 3.45. The van der Waals surface area contributed by atoms with Gasteiger partial charge in [0, 0.05) is 25.4 Å². The minimum atomic E-state index is -0.346. The van der Waals surface area contributed by atoms with Gasteiger partial charge < -0.3 is 15.2 Å². The Labute approximate surface area is 121 Å². The zero-order chi connectivity index (χ0) is 14.7. The molecule has 2 N–H and O–H groups in total. The van der Waals surface area contributed by atoms with E-state index in [1.165, 1.54) is 6.07 Å². The van der Waals surface area contributed by atoms with E-state index in [4.69, 9.17) is 0 Å². The number of aromatic nitrogens is 2. The van der Waals surface area contributed by atoms with E-state index in [1.807, 2.05) is 6.07 Å². The maximum absolute atomic E-state index is 12.2. The predicted molar refractivity (Wildman–Crippen MR) is 80.7 cm³/mol. The minimum absolute atomic E-state index is 0.235. The molecule has 1 amide bonds. The van der Waals surface area contributed by atoms with E-state index in [2.05, 4.69) is 20.2 Å². The van der Waals surface area contributed by atoms with Gasteiger partial charge in [-0.2, -0.15) is 0 Å². The van der Waals surface area contributed by atoms with Gasteiger partial charge in [0.25, 0.3) is 5.91 Å². The van der Waals surface area contributed by atoms with Gasteiger partial charge in [0.2, 0.25) is 5.56 Å². The molecule has 2 aromatic heterocycles. The number of hydrogen-bond acceptors (Lipinski definition) is 4. The largest absolute Gasteiger partial charge is 0.355 e. The second-order valence-corrected chi connectivity index (χ2v) is 4.95. The lowest BCUT2D eigenvalue weighted by molar-refractivity contribution is 0.102. The highest BCUT2D eigenvalue weighted by Gasteiger charge is 2.18. The molecule has 0 aromatic carbocycles. The lowest BCUT2D eigenvalue weighted by Crippen LogP contribution is -2.23. The molecule has 1 fully saturated rings. The molecular weight excluding hydrogens is 268 g/mol. The molecule has 0 bridgehead atoms. The summed E-state index contributed by atoms with van der Waals surface area (Å²) in [5, 5.41) is 2.82. The molecule has 0 radical (unpaired) electrons. The lowest BCUT2D eigenvalue weighted by atomic mass is 10.3. The number of amides is 1. The number of nitrogens with one attached hydrogen (secondary N) is 2. The fraction of sp³-hybridized carbons (Fsp3) is 0.267. The van der Waals surface area contributed by atoms with Crippen LogP contribution in [-0.4, -0.2) is 29.0 Å². The van der Waals surface area contributed by atoms with Crippen LogP contribution in [0.15, 0.2) is 41.3 Å². The van der Waals surface area contributed by atoms with Crippen molar-refractivity contribution in [3.05, 3.63) is 52.6 Å². The van der Waals surface area contributed by atoms with Gasteiger partial charge in [0.05, 0.1) is 5.69 Å². The quantitative estimate of drug-likeness (QED) is 0.898. The Morgan fingerprint density at radius 1 is 1.19 bits per heavy atom. The molecule has 6 nitrogen and oxygen atoms in total. The first-order valence-electron chi connectivity index (χ1n) is 6.95. The smallest absolute Gasteiger partial charge is 0.272 e. The summed E-state index contributed by atoms with van der Waals surface area (Å²) in [6.07, 6.45) is 3.99. The molecule has 0 aliphatic carbocycles. The summed E-state index contributed by atoms with van der Waals surface area (Å²) < 4.78 is 0. The van der Waals surface area contributed by atoms with E-state index >= 15 is 0 Å². The van der Waals surface area contributed by atoms with E-state index in [9.17, 15) is 9.59 Å². The van der Waals surface area contributed by atoms with E-state index < -0.39 is 0 Å². The first-order chi connectivity index (χ1) is 10.2. The molecule has 108 valence electrons. The Hall–Kier alpha value is -2.63. The number of nitrogens with zero attached hydrogens (tertiary/aromatic N) is 2. The molecule has 2 aromatic rings. The highest BCUT2D eigenvalue weighted by atomic mass is 16.2. The molecule has 1 saturated heterocycles. The van der Waals surface area contributed by atoms with Crippen LogP contribution in [-0.2, 0) is 0 Å². The van der Waals surface area contributed by atoms with Crippen LogP contribution in [0.3, 0.4) is 0 Å². The maximum atomic E-state index is 12.2. The van der Waals surface area contributed by atoms with Crippen molar-refractivity contribution in [2.75, 3.05) is 23.3 Å². The van der Waals surface area contributed by atoms with Gasteiger partial charge in [-0.25, -0.2) is 4.98 Å². The van der Waals surface area contributed by atoms with Gasteiger partial charge in [-0.3, -0.25) is 9.59 Å². The normalized spacial score (nSPS) is 14.2. The summed E-state index contributed by atoms with van der Waals surface area (Å²) in [7, 11) is 0. The molecule has 3 rings (SSSR count). The van der Waals surface area contributed by atoms with Crippen LogP contribution in [0.25, 0.3) is 0 Å². The van der Waals surface area contributed by atoms with Gasteiger partial charge in [-0.05, 0) is 31.0 Å². The summed E-state index contributed by atoms with van der Waals surface area (Å²) in [6, 6.07) is 8.10. The van der Waals surface area contributed by atoms with Gasteiger partial charge in [0.15, 0.2) is 5.82 Å². The van der Waals surface area contributed by atoms with Gasteiger partial charge in [-0.15, -0.1) is 0 Å². The Kier molecular flexibility index (Phi) is 3.68. The Bertz CT molecular complexity index is 705. The predicted octanol–water partition coefficient (Wildman–Crippen LogP) is 1.62. The first kappa shape index (κ1) is 13.4. The van der Waals surface area contributed by atoms with Crippen molar-refractivity contribution in [1.29, 1.82) is 0 Å². The number of rotatable bonds is 3. The molecule has 0 unspecified atom stereocenters. The second kappa shape index (κ2) is 5.78. The van der Waals surface area contributed by atoms with Crippen molar-refractivity contribution < 1.29 is 4.79 Å². The SMILES string of the molecule is O=C(Nc1cccnc1N1CCCC1)c1cccc(=O)[nH]1. The minimum Gasteiger partial charge on any atom is -0.355 e. The number of aromatic amines is 1. The second-order valence-electron chi connectivity index (χ2n) is 4.95. The Morgan fingerprint density at radius 3 is 2.76 bits per heavy atom. The van der Waals surface area contributed by atoms with Crippen molar-refractivity contribution in [1.82, 2.24) is 9.97 Å². The maximum Gasteiger partial charge on any atom is 0.272 e. The Morgan fingerprint density at radius 2 is 2.00 bits per heavy atom. The van der Waals surface area contributed by atoms with Crippen molar-refractivity contribution in [3.63, 3.8) is 0 Å². The average Bonchev–Trinajstić information content (AvgIpc) is 3.02. The van der Waals surface area contributed by atoms with Crippen molar-refractivity contribution in [2.24, 2.45) is 0 Å². The monoisotopic (exact) mass is 284 g/mol. The van der Waals surface area contributed by atoms with E-state index in [1.54, 1.807) is 24.4 Å². The van der Waals surface area contributed by atoms with Crippen molar-refractivity contribution >= 4 is 17.4 Å². The summed E-state index contributed by atoms with van der Waals surface area (Å²) in [4.78, 5) is 32.5. The third kappa shape index (κ3) is 2.94. The molecule has 6 heteroatoms. The van der Waals surface area contributed by atoms with Gasteiger partial charge in [-0.1, -0.05) is 6.07 Å². The fourth-order valence-corrected chi connectivity index (χ4v) is 2.45. The molecule has 1 aliphatic rings. The van der Waals surface area contributed by atoms with Gasteiger partial charge >= 0.3 is 0 Å². The molecular formula is C15H16N4O2. The van der Waals surface area contributed by atoms with Crippen LogP contribution in [0.5, 0.6) is 0 Å². The highest BCUT2D eigenvalue weighted by molar-refractivity contribution is 6.04. The van der Waals surface area contributed by atoms with E-state index in [0.29, 0.717) is 5.69 Å². The number of pyridine rings is 2. The number of carbonyl (C=O) groups is 1. The topological polar surface area (TPSA) is 78.1 Å². The highest BCUT2D eigenvalue weighted by Crippen LogP contribution is 2.26. The van der Waals surface area contributed by atoms with Crippen LogP contribution in [0.2, 0.25) is 0 Å². The summed E-state index contributed by atoms with van der Waals surface area (Å²) in [5.74, 6) is 0.433. The molecule has 0 spiro atoms. The number of anilines is 2. The molecule has 0 atom stereocenters. The molecule has 1 aliphatic heterocycles. The molecule has 3 heterocycles. The number of hydrogen-bond donors (Lipinski definition) is 2. The van der Waals surface area contributed by atoms with Gasteiger partial charge in [0.1, 0.15) is 5.69 Å². The van der Waals surface area contributed by atoms with Crippen LogP contribution < -0.4 is 15.8 Å².